The molecule has 1 aliphatic rings. The van der Waals surface area contributed by atoms with Crippen molar-refractivity contribution in [3.63, 3.8) is 0 Å². The molecule has 1 aliphatic heterocycles. The van der Waals surface area contributed by atoms with Gasteiger partial charge in [0, 0.05) is 25.5 Å². The topological polar surface area (TPSA) is 38.1 Å². The van der Waals surface area contributed by atoms with Crippen molar-refractivity contribution in [3.8, 4) is 0 Å². The molecule has 1 aromatic rings. The van der Waals surface area contributed by atoms with Gasteiger partial charge in [-0.2, -0.15) is 0 Å². The van der Waals surface area contributed by atoms with Gasteiger partial charge in [0.2, 0.25) is 0 Å². The van der Waals surface area contributed by atoms with Gasteiger partial charge in [0.25, 0.3) is 5.56 Å². The van der Waals surface area contributed by atoms with Crippen LogP contribution in [0.1, 0.15) is 12.8 Å². The fourth-order valence-corrected chi connectivity index (χ4v) is 1.81. The third-order valence-electron chi connectivity index (χ3n) is 2.66. The molecule has 0 atom stereocenters. The van der Waals surface area contributed by atoms with E-state index in [-0.39, 0.29) is 5.56 Å². The van der Waals surface area contributed by atoms with Crippen LogP contribution in [-0.4, -0.2) is 34.1 Å². The summed E-state index contributed by atoms with van der Waals surface area (Å²) in [6.07, 6.45) is 7.37. The predicted molar refractivity (Wildman–Crippen MR) is 54.2 cm³/mol. The summed E-state index contributed by atoms with van der Waals surface area (Å²) in [5.41, 5.74) is -0.00769. The summed E-state index contributed by atoms with van der Waals surface area (Å²) >= 11 is 0. The minimum Gasteiger partial charge on any atom is -0.311 e. The first-order valence-electron chi connectivity index (χ1n) is 5.09. The molecule has 0 aliphatic carbocycles. The van der Waals surface area contributed by atoms with Gasteiger partial charge in [-0.3, -0.25) is 9.78 Å². The van der Waals surface area contributed by atoms with Crippen LogP contribution in [0.15, 0.2) is 23.4 Å². The second kappa shape index (κ2) is 4.37. The van der Waals surface area contributed by atoms with E-state index in [1.165, 1.54) is 32.1 Å². The highest BCUT2D eigenvalue weighted by atomic mass is 16.1. The summed E-state index contributed by atoms with van der Waals surface area (Å²) in [6.45, 7) is 4.12. The highest BCUT2D eigenvalue weighted by molar-refractivity contribution is 4.80. The SMILES string of the molecule is O=c1cnccn1CCN1CCCC1. The van der Waals surface area contributed by atoms with Crippen molar-refractivity contribution in [3.05, 3.63) is 28.9 Å². The lowest BCUT2D eigenvalue weighted by atomic mass is 10.4. The minimum absolute atomic E-state index is 0.00769. The molecule has 1 fully saturated rings. The molecule has 0 saturated carbocycles. The monoisotopic (exact) mass is 193 g/mol. The Morgan fingerprint density at radius 3 is 2.79 bits per heavy atom. The number of rotatable bonds is 3. The van der Waals surface area contributed by atoms with Gasteiger partial charge in [-0.05, 0) is 25.9 Å². The molecule has 0 aromatic carbocycles. The van der Waals surface area contributed by atoms with E-state index in [2.05, 4.69) is 9.88 Å². The Morgan fingerprint density at radius 2 is 2.07 bits per heavy atom. The fraction of sp³-hybridized carbons (Fsp3) is 0.600. The average molecular weight is 193 g/mol. The van der Waals surface area contributed by atoms with Crippen molar-refractivity contribution < 1.29 is 0 Å². The molecule has 76 valence electrons. The molecule has 0 amide bonds. The van der Waals surface area contributed by atoms with Crippen LogP contribution < -0.4 is 5.56 Å². The lowest BCUT2D eigenvalue weighted by Crippen LogP contribution is -2.28. The van der Waals surface area contributed by atoms with Gasteiger partial charge in [-0.15, -0.1) is 0 Å². The Kier molecular flexibility index (Phi) is 2.93. The molecule has 0 radical (unpaired) electrons. The van der Waals surface area contributed by atoms with Gasteiger partial charge < -0.3 is 9.47 Å². The minimum atomic E-state index is -0.00769. The molecular weight excluding hydrogens is 178 g/mol. The summed E-state index contributed by atoms with van der Waals surface area (Å²) in [4.78, 5) is 17.5. The Balaban J connectivity index is 1.91. The van der Waals surface area contributed by atoms with E-state index in [0.29, 0.717) is 0 Å². The molecule has 1 aromatic heterocycles. The van der Waals surface area contributed by atoms with Crippen molar-refractivity contribution in [2.24, 2.45) is 0 Å². The molecule has 2 heterocycles. The lowest BCUT2D eigenvalue weighted by Gasteiger charge is -2.14. The van der Waals surface area contributed by atoms with Gasteiger partial charge in [0.1, 0.15) is 0 Å². The number of hydrogen-bond donors (Lipinski definition) is 0. The zero-order valence-corrected chi connectivity index (χ0v) is 8.22. The smallest absolute Gasteiger partial charge is 0.269 e. The number of likely N-dealkylation sites (tertiary alicyclic amines) is 1. The van der Waals surface area contributed by atoms with Crippen LogP contribution in [0, 0.1) is 0 Å². The van der Waals surface area contributed by atoms with Gasteiger partial charge in [0.15, 0.2) is 0 Å². The van der Waals surface area contributed by atoms with Crippen LogP contribution in [0.4, 0.5) is 0 Å². The van der Waals surface area contributed by atoms with Crippen LogP contribution in [0.2, 0.25) is 0 Å². The highest BCUT2D eigenvalue weighted by Gasteiger charge is 2.10. The quantitative estimate of drug-likeness (QED) is 0.694. The zero-order chi connectivity index (χ0) is 9.80. The van der Waals surface area contributed by atoms with E-state index < -0.39 is 0 Å². The number of aromatic nitrogens is 2. The lowest BCUT2D eigenvalue weighted by molar-refractivity contribution is 0.320. The Hall–Kier alpha value is -1.16. The molecule has 0 spiro atoms. The van der Waals surface area contributed by atoms with E-state index in [1.54, 1.807) is 17.0 Å². The van der Waals surface area contributed by atoms with Crippen LogP contribution in [-0.2, 0) is 6.54 Å². The van der Waals surface area contributed by atoms with E-state index >= 15 is 0 Å². The Morgan fingerprint density at radius 1 is 1.29 bits per heavy atom. The van der Waals surface area contributed by atoms with Gasteiger partial charge >= 0.3 is 0 Å². The van der Waals surface area contributed by atoms with Gasteiger partial charge in [-0.25, -0.2) is 0 Å². The van der Waals surface area contributed by atoms with Crippen LogP contribution in [0.25, 0.3) is 0 Å². The summed E-state index contributed by atoms with van der Waals surface area (Å²) in [7, 11) is 0. The summed E-state index contributed by atoms with van der Waals surface area (Å²) in [5, 5.41) is 0. The third-order valence-corrected chi connectivity index (χ3v) is 2.66. The highest BCUT2D eigenvalue weighted by Crippen LogP contribution is 2.06. The molecule has 0 bridgehead atoms. The largest absolute Gasteiger partial charge is 0.311 e. The summed E-state index contributed by atoms with van der Waals surface area (Å²) < 4.78 is 1.71. The second-order valence-electron chi connectivity index (χ2n) is 3.66. The molecular formula is C10H15N3O. The van der Waals surface area contributed by atoms with Crippen molar-refractivity contribution in [2.75, 3.05) is 19.6 Å². The Bertz CT molecular complexity index is 341. The maximum Gasteiger partial charge on any atom is 0.269 e. The molecule has 4 heteroatoms. The first-order valence-corrected chi connectivity index (χ1v) is 5.09. The standard InChI is InChI=1S/C10H15N3O/c14-10-9-11-3-6-13(10)8-7-12-4-1-2-5-12/h3,6,9H,1-2,4-5,7-8H2. The maximum absolute atomic E-state index is 11.3. The van der Waals surface area contributed by atoms with Gasteiger partial charge in [-0.1, -0.05) is 0 Å². The van der Waals surface area contributed by atoms with Crippen molar-refractivity contribution in [1.29, 1.82) is 0 Å². The number of nitrogens with zero attached hydrogens (tertiary/aromatic N) is 3. The van der Waals surface area contributed by atoms with E-state index in [4.69, 9.17) is 0 Å². The van der Waals surface area contributed by atoms with E-state index in [9.17, 15) is 4.79 Å². The molecule has 0 N–H and O–H groups in total. The first-order chi connectivity index (χ1) is 6.86. The Labute approximate surface area is 83.2 Å². The van der Waals surface area contributed by atoms with Crippen molar-refractivity contribution >= 4 is 0 Å². The third kappa shape index (κ3) is 2.20. The fourth-order valence-electron chi connectivity index (χ4n) is 1.81. The maximum atomic E-state index is 11.3. The van der Waals surface area contributed by atoms with Crippen molar-refractivity contribution in [2.45, 2.75) is 19.4 Å². The molecule has 0 unspecified atom stereocenters. The number of hydrogen-bond acceptors (Lipinski definition) is 3. The zero-order valence-electron chi connectivity index (χ0n) is 8.22. The summed E-state index contributed by atoms with van der Waals surface area (Å²) in [6, 6.07) is 0. The van der Waals surface area contributed by atoms with Crippen molar-refractivity contribution in [1.82, 2.24) is 14.5 Å². The predicted octanol–water partition coefficient (Wildman–Crippen LogP) is 0.339. The van der Waals surface area contributed by atoms with Crippen LogP contribution in [0.5, 0.6) is 0 Å². The average Bonchev–Trinajstić information content (AvgIpc) is 2.69. The molecule has 14 heavy (non-hydrogen) atoms. The second-order valence-corrected chi connectivity index (χ2v) is 3.66. The van der Waals surface area contributed by atoms with Crippen LogP contribution in [0.3, 0.4) is 0 Å². The molecule has 1 saturated heterocycles. The summed E-state index contributed by atoms with van der Waals surface area (Å²) in [5.74, 6) is 0. The normalized spacial score (nSPS) is 17.4. The van der Waals surface area contributed by atoms with E-state index in [1.807, 2.05) is 0 Å². The molecule has 2 rings (SSSR count). The van der Waals surface area contributed by atoms with Gasteiger partial charge in [0.05, 0.1) is 6.20 Å². The van der Waals surface area contributed by atoms with E-state index in [0.717, 1.165) is 13.1 Å². The first kappa shape index (κ1) is 9.40. The molecule has 4 nitrogen and oxygen atoms in total. The van der Waals surface area contributed by atoms with Crippen LogP contribution >= 0.6 is 0 Å².